The first-order chi connectivity index (χ1) is 11.0. The number of ether oxygens (including phenoxy) is 1. The van der Waals surface area contributed by atoms with Gasteiger partial charge in [0.15, 0.2) is 0 Å². The predicted octanol–water partition coefficient (Wildman–Crippen LogP) is 3.21. The SMILES string of the molecule is C#CCOc1c(I)cc(/C=C2/NC(=O)N(CCC)C2=O)cc1I. The van der Waals surface area contributed by atoms with E-state index < -0.39 is 0 Å². The van der Waals surface area contributed by atoms with E-state index in [2.05, 4.69) is 56.4 Å². The van der Waals surface area contributed by atoms with Crippen molar-refractivity contribution in [1.29, 1.82) is 0 Å². The Bertz CT molecular complexity index is 700. The van der Waals surface area contributed by atoms with Gasteiger partial charge < -0.3 is 10.1 Å². The van der Waals surface area contributed by atoms with Gasteiger partial charge in [-0.05, 0) is 75.4 Å². The van der Waals surface area contributed by atoms with Crippen LogP contribution in [-0.4, -0.2) is 30.0 Å². The number of nitrogens with one attached hydrogen (secondary N) is 1. The van der Waals surface area contributed by atoms with Crippen molar-refractivity contribution in [3.05, 3.63) is 30.5 Å². The highest BCUT2D eigenvalue weighted by Gasteiger charge is 2.32. The third-order valence-electron chi connectivity index (χ3n) is 3.04. The van der Waals surface area contributed by atoms with Gasteiger partial charge in [0.25, 0.3) is 5.91 Å². The van der Waals surface area contributed by atoms with E-state index in [4.69, 9.17) is 11.2 Å². The van der Waals surface area contributed by atoms with Crippen LogP contribution >= 0.6 is 45.2 Å². The first-order valence-electron chi connectivity index (χ1n) is 6.87. The van der Waals surface area contributed by atoms with Crippen LogP contribution in [0.25, 0.3) is 6.08 Å². The second kappa shape index (κ2) is 8.01. The number of amides is 3. The second-order valence-electron chi connectivity index (χ2n) is 4.75. The summed E-state index contributed by atoms with van der Waals surface area (Å²) in [6.45, 7) is 2.53. The molecule has 0 unspecified atom stereocenters. The molecule has 23 heavy (non-hydrogen) atoms. The van der Waals surface area contributed by atoms with E-state index in [9.17, 15) is 9.59 Å². The maximum atomic E-state index is 12.2. The first kappa shape index (κ1) is 18.1. The summed E-state index contributed by atoms with van der Waals surface area (Å²) < 4.78 is 7.29. The maximum absolute atomic E-state index is 12.2. The van der Waals surface area contributed by atoms with E-state index in [0.717, 1.165) is 24.9 Å². The molecule has 0 aliphatic carbocycles. The highest BCUT2D eigenvalue weighted by molar-refractivity contribution is 14.1. The number of terminal acetylenes is 1. The van der Waals surface area contributed by atoms with Gasteiger partial charge in [-0.1, -0.05) is 12.8 Å². The Kier molecular flexibility index (Phi) is 6.29. The summed E-state index contributed by atoms with van der Waals surface area (Å²) in [4.78, 5) is 25.2. The van der Waals surface area contributed by atoms with E-state index in [0.29, 0.717) is 6.54 Å². The minimum absolute atomic E-state index is 0.201. The van der Waals surface area contributed by atoms with Gasteiger partial charge in [0.1, 0.15) is 18.1 Å². The molecule has 2 rings (SSSR count). The number of imide groups is 1. The Labute approximate surface area is 162 Å². The van der Waals surface area contributed by atoms with Crippen molar-refractivity contribution in [1.82, 2.24) is 10.2 Å². The third-order valence-corrected chi connectivity index (χ3v) is 4.64. The number of urea groups is 1. The molecule has 7 heteroatoms. The van der Waals surface area contributed by atoms with Crippen LogP contribution < -0.4 is 10.1 Å². The lowest BCUT2D eigenvalue weighted by Crippen LogP contribution is -2.31. The molecule has 3 amide bonds. The Morgan fingerprint density at radius 1 is 1.35 bits per heavy atom. The smallest absolute Gasteiger partial charge is 0.329 e. The summed E-state index contributed by atoms with van der Waals surface area (Å²) in [5.74, 6) is 2.86. The predicted molar refractivity (Wildman–Crippen MR) is 105 cm³/mol. The zero-order valence-corrected chi connectivity index (χ0v) is 16.7. The van der Waals surface area contributed by atoms with Crippen molar-refractivity contribution < 1.29 is 14.3 Å². The van der Waals surface area contributed by atoms with Gasteiger partial charge in [-0.25, -0.2) is 4.79 Å². The highest BCUT2D eigenvalue weighted by atomic mass is 127. The Morgan fingerprint density at radius 2 is 2.00 bits per heavy atom. The Morgan fingerprint density at radius 3 is 2.57 bits per heavy atom. The van der Waals surface area contributed by atoms with Gasteiger partial charge in [0.2, 0.25) is 0 Å². The van der Waals surface area contributed by atoms with Gasteiger partial charge in [-0.3, -0.25) is 9.69 Å². The topological polar surface area (TPSA) is 58.6 Å². The van der Waals surface area contributed by atoms with Crippen molar-refractivity contribution in [3.63, 3.8) is 0 Å². The number of hydrogen-bond donors (Lipinski definition) is 1. The highest BCUT2D eigenvalue weighted by Crippen LogP contribution is 2.30. The third kappa shape index (κ3) is 4.17. The van der Waals surface area contributed by atoms with Gasteiger partial charge in [-0.2, -0.15) is 0 Å². The minimum Gasteiger partial charge on any atom is -0.479 e. The Hall–Kier alpha value is -1.28. The summed E-state index contributed by atoms with van der Waals surface area (Å²) in [6, 6.07) is 3.38. The van der Waals surface area contributed by atoms with Crippen LogP contribution in [0.1, 0.15) is 18.9 Å². The summed E-state index contributed by atoms with van der Waals surface area (Å²) in [6.07, 6.45) is 7.61. The molecule has 1 saturated heterocycles. The molecular formula is C16H14I2N2O3. The molecule has 1 fully saturated rings. The standard InChI is InChI=1S/C16H14I2N2O3/c1-3-5-20-15(21)13(19-16(20)22)9-10-7-11(17)14(12(18)8-10)23-6-4-2/h2,7-9H,3,5-6H2,1H3,(H,19,22)/b13-9+. The van der Waals surface area contributed by atoms with Crippen LogP contribution in [0.4, 0.5) is 4.79 Å². The fourth-order valence-electron chi connectivity index (χ4n) is 2.08. The monoisotopic (exact) mass is 536 g/mol. The zero-order valence-electron chi connectivity index (χ0n) is 12.4. The van der Waals surface area contributed by atoms with E-state index in [1.165, 1.54) is 4.90 Å². The van der Waals surface area contributed by atoms with E-state index in [1.807, 2.05) is 19.1 Å². The molecule has 0 radical (unpaired) electrons. The van der Waals surface area contributed by atoms with E-state index >= 15 is 0 Å². The van der Waals surface area contributed by atoms with Crippen LogP contribution in [0.2, 0.25) is 0 Å². The number of hydrogen-bond acceptors (Lipinski definition) is 3. The van der Waals surface area contributed by atoms with Crippen LogP contribution in [0.15, 0.2) is 17.8 Å². The van der Waals surface area contributed by atoms with Crippen molar-refractivity contribution in [2.45, 2.75) is 13.3 Å². The lowest BCUT2D eigenvalue weighted by atomic mass is 10.2. The molecule has 1 aliphatic rings. The molecule has 1 aromatic rings. The molecule has 1 aromatic carbocycles. The molecule has 5 nitrogen and oxygen atoms in total. The van der Waals surface area contributed by atoms with Gasteiger partial charge in [-0.15, -0.1) is 6.42 Å². The average molecular weight is 536 g/mol. The molecule has 0 aromatic heterocycles. The number of rotatable bonds is 5. The minimum atomic E-state index is -0.374. The van der Waals surface area contributed by atoms with Gasteiger partial charge >= 0.3 is 6.03 Å². The fourth-order valence-corrected chi connectivity index (χ4v) is 4.21. The quantitative estimate of drug-likeness (QED) is 0.273. The molecule has 1 heterocycles. The van der Waals surface area contributed by atoms with Crippen molar-refractivity contribution in [2.24, 2.45) is 0 Å². The second-order valence-corrected chi connectivity index (χ2v) is 7.08. The molecule has 1 N–H and O–H groups in total. The lowest BCUT2D eigenvalue weighted by molar-refractivity contribution is -0.122. The van der Waals surface area contributed by atoms with Gasteiger partial charge in [0, 0.05) is 6.54 Å². The van der Waals surface area contributed by atoms with Crippen molar-refractivity contribution >= 4 is 63.2 Å². The number of benzene rings is 1. The number of nitrogens with zero attached hydrogens (tertiary/aromatic N) is 1. The summed E-state index contributed by atoms with van der Waals surface area (Å²) >= 11 is 4.31. The number of carbonyl (C=O) groups is 2. The van der Waals surface area contributed by atoms with Crippen molar-refractivity contribution in [3.8, 4) is 18.1 Å². The van der Waals surface area contributed by atoms with E-state index in [-0.39, 0.29) is 24.2 Å². The molecule has 1 aliphatic heterocycles. The molecular weight excluding hydrogens is 522 g/mol. The summed E-state index contributed by atoms with van der Waals surface area (Å²) in [7, 11) is 0. The maximum Gasteiger partial charge on any atom is 0.329 e. The fraction of sp³-hybridized carbons (Fsp3) is 0.250. The van der Waals surface area contributed by atoms with Crippen LogP contribution in [-0.2, 0) is 4.79 Å². The molecule has 120 valence electrons. The molecule has 0 spiro atoms. The van der Waals surface area contributed by atoms with Crippen molar-refractivity contribution in [2.75, 3.05) is 13.2 Å². The number of carbonyl (C=O) groups excluding carboxylic acids is 2. The Balaban J connectivity index is 2.28. The largest absolute Gasteiger partial charge is 0.479 e. The normalized spacial score (nSPS) is 15.7. The summed E-state index contributed by atoms with van der Waals surface area (Å²) in [5, 5.41) is 2.61. The molecule has 0 atom stereocenters. The lowest BCUT2D eigenvalue weighted by Gasteiger charge is -2.10. The molecule has 0 bridgehead atoms. The van der Waals surface area contributed by atoms with E-state index in [1.54, 1.807) is 6.08 Å². The first-order valence-corrected chi connectivity index (χ1v) is 9.03. The summed E-state index contributed by atoms with van der Waals surface area (Å²) in [5.41, 5.74) is 1.10. The number of halogens is 2. The van der Waals surface area contributed by atoms with Crippen LogP contribution in [0, 0.1) is 19.5 Å². The van der Waals surface area contributed by atoms with Gasteiger partial charge in [0.05, 0.1) is 7.14 Å². The zero-order chi connectivity index (χ0) is 17.0. The molecule has 0 saturated carbocycles. The van der Waals surface area contributed by atoms with Crippen LogP contribution in [0.3, 0.4) is 0 Å². The van der Waals surface area contributed by atoms with Crippen LogP contribution in [0.5, 0.6) is 5.75 Å². The average Bonchev–Trinajstić information content (AvgIpc) is 2.74.